The summed E-state index contributed by atoms with van der Waals surface area (Å²) in [4.78, 5) is 12.1. The second kappa shape index (κ2) is 11.3. The minimum atomic E-state index is -1.29. The molecule has 0 radical (unpaired) electrons. The van der Waals surface area contributed by atoms with Crippen molar-refractivity contribution in [3.05, 3.63) is 0 Å². The number of aliphatic carboxylic acids is 1. The van der Waals surface area contributed by atoms with Gasteiger partial charge < -0.3 is 16.6 Å². The van der Waals surface area contributed by atoms with E-state index in [0.717, 1.165) is 12.8 Å². The number of carboxylic acid groups (broad SMARTS) is 1. The summed E-state index contributed by atoms with van der Waals surface area (Å²) >= 11 is 9.56. The van der Waals surface area contributed by atoms with Gasteiger partial charge in [0.05, 0.1) is 0 Å². The highest BCUT2D eigenvalue weighted by molar-refractivity contribution is 6.52. The number of nitrogens with one attached hydrogen (secondary N) is 2. The van der Waals surface area contributed by atoms with Gasteiger partial charge in [-0.15, -0.1) is 0 Å². The third-order valence-corrected chi connectivity index (χ3v) is 1.62. The Labute approximate surface area is 110 Å². The molecule has 0 aliphatic carbocycles. The molecule has 100 valence electrons. The van der Waals surface area contributed by atoms with Crippen LogP contribution in [0.5, 0.6) is 0 Å². The van der Waals surface area contributed by atoms with Crippen LogP contribution in [0.4, 0.5) is 0 Å². The van der Waals surface area contributed by atoms with Crippen LogP contribution in [0.2, 0.25) is 0 Å². The summed E-state index contributed by atoms with van der Waals surface area (Å²) in [5, 5.41) is 16.9. The second-order valence-corrected chi connectivity index (χ2v) is 3.89. The molecule has 0 heterocycles. The molecule has 0 unspecified atom stereocenters. The highest BCUT2D eigenvalue weighted by atomic mass is 35.5. The van der Waals surface area contributed by atoms with Crippen LogP contribution in [-0.4, -0.2) is 34.4 Å². The number of nitrogens with two attached hydrogens (primary N) is 2. The molecule has 0 aromatic heterocycles. The SMILES string of the molecule is CCCCN=C(N)NC(=N)N.O=C(O)C(Cl)Cl. The van der Waals surface area contributed by atoms with Crippen molar-refractivity contribution in [2.24, 2.45) is 16.5 Å². The van der Waals surface area contributed by atoms with Crippen LogP contribution >= 0.6 is 23.2 Å². The van der Waals surface area contributed by atoms with Crippen molar-refractivity contribution in [3.63, 3.8) is 0 Å². The molecule has 17 heavy (non-hydrogen) atoms. The summed E-state index contributed by atoms with van der Waals surface area (Å²) < 4.78 is 0. The van der Waals surface area contributed by atoms with Crippen LogP contribution in [0.3, 0.4) is 0 Å². The summed E-state index contributed by atoms with van der Waals surface area (Å²) in [6.45, 7) is 2.76. The first-order chi connectivity index (χ1) is 7.81. The number of unbranched alkanes of at least 4 members (excludes halogenated alkanes) is 1. The third-order valence-electron chi connectivity index (χ3n) is 1.24. The van der Waals surface area contributed by atoms with Crippen molar-refractivity contribution < 1.29 is 9.90 Å². The van der Waals surface area contributed by atoms with E-state index in [1.807, 2.05) is 0 Å². The van der Waals surface area contributed by atoms with E-state index in [9.17, 15) is 4.79 Å². The summed E-state index contributed by atoms with van der Waals surface area (Å²) in [5.74, 6) is -1.17. The number of rotatable bonds is 4. The molecule has 0 amide bonds. The molecular formula is C8H17Cl2N5O2. The predicted molar refractivity (Wildman–Crippen MR) is 69.6 cm³/mol. The molecule has 0 saturated heterocycles. The predicted octanol–water partition coefficient (Wildman–Crippen LogP) is 0.459. The minimum Gasteiger partial charge on any atom is -0.479 e. The van der Waals surface area contributed by atoms with E-state index in [2.05, 4.69) is 17.2 Å². The largest absolute Gasteiger partial charge is 0.479 e. The Morgan fingerprint density at radius 3 is 2.29 bits per heavy atom. The van der Waals surface area contributed by atoms with Crippen molar-refractivity contribution in [3.8, 4) is 0 Å². The number of aliphatic imine (C=N–C) groups is 1. The molecule has 0 spiro atoms. The zero-order valence-corrected chi connectivity index (χ0v) is 10.9. The van der Waals surface area contributed by atoms with Gasteiger partial charge in [-0.1, -0.05) is 36.5 Å². The van der Waals surface area contributed by atoms with E-state index in [1.165, 1.54) is 0 Å². The zero-order chi connectivity index (χ0) is 13.8. The maximum Gasteiger partial charge on any atom is 0.337 e. The fourth-order valence-corrected chi connectivity index (χ4v) is 0.535. The lowest BCUT2D eigenvalue weighted by Crippen LogP contribution is -2.40. The number of carbonyl (C=O) groups is 1. The van der Waals surface area contributed by atoms with Crippen LogP contribution in [0.25, 0.3) is 0 Å². The molecular weight excluding hydrogens is 269 g/mol. The fraction of sp³-hybridized carbons (Fsp3) is 0.625. The zero-order valence-electron chi connectivity index (χ0n) is 9.41. The quantitative estimate of drug-likeness (QED) is 0.221. The standard InChI is InChI=1S/C6H15N5.C2H2Cl2O2/c1-2-3-4-10-6(9)11-5(7)8;3-1(4)2(5)6/h2-4H2,1H3,(H6,7,8,9,10,11);1H,(H,5,6). The summed E-state index contributed by atoms with van der Waals surface area (Å²) in [6.07, 6.45) is 2.08. The Hall–Kier alpha value is -1.21. The van der Waals surface area contributed by atoms with Gasteiger partial charge in [-0.05, 0) is 6.42 Å². The van der Waals surface area contributed by atoms with E-state index in [0.29, 0.717) is 6.54 Å². The molecule has 7 nitrogen and oxygen atoms in total. The molecule has 0 aromatic carbocycles. The van der Waals surface area contributed by atoms with Gasteiger partial charge in [0.1, 0.15) is 0 Å². The highest BCUT2D eigenvalue weighted by Gasteiger charge is 2.05. The molecule has 0 aromatic rings. The van der Waals surface area contributed by atoms with Crippen molar-refractivity contribution in [1.82, 2.24) is 5.32 Å². The third kappa shape index (κ3) is 17.4. The first kappa shape index (κ1) is 18.2. The number of hydrogen-bond acceptors (Lipinski definition) is 3. The molecule has 0 rings (SSSR count). The van der Waals surface area contributed by atoms with Crippen LogP contribution < -0.4 is 16.8 Å². The smallest absolute Gasteiger partial charge is 0.337 e. The Kier molecular flexibility index (Phi) is 12.1. The van der Waals surface area contributed by atoms with Gasteiger partial charge in [-0.3, -0.25) is 15.7 Å². The molecule has 0 saturated carbocycles. The normalized spacial score (nSPS) is 10.5. The van der Waals surface area contributed by atoms with Crippen molar-refractivity contribution in [2.45, 2.75) is 24.6 Å². The van der Waals surface area contributed by atoms with Crippen LogP contribution in [0, 0.1) is 5.41 Å². The molecule has 0 fully saturated rings. The van der Waals surface area contributed by atoms with Gasteiger partial charge in [-0.25, -0.2) is 4.79 Å². The second-order valence-electron chi connectivity index (χ2n) is 2.80. The number of halogens is 2. The van der Waals surface area contributed by atoms with E-state index >= 15 is 0 Å². The van der Waals surface area contributed by atoms with Crippen molar-refractivity contribution in [2.75, 3.05) is 6.54 Å². The topological polar surface area (TPSA) is 138 Å². The van der Waals surface area contributed by atoms with Gasteiger partial charge >= 0.3 is 5.97 Å². The number of guanidine groups is 2. The van der Waals surface area contributed by atoms with Crippen LogP contribution in [-0.2, 0) is 4.79 Å². The maximum absolute atomic E-state index is 9.44. The lowest BCUT2D eigenvalue weighted by Gasteiger charge is -2.00. The first-order valence-corrected chi connectivity index (χ1v) is 5.60. The van der Waals surface area contributed by atoms with Gasteiger partial charge in [0.2, 0.25) is 4.84 Å². The monoisotopic (exact) mass is 285 g/mol. The number of carboxylic acids is 1. The van der Waals surface area contributed by atoms with Crippen LogP contribution in [0.1, 0.15) is 19.8 Å². The Balaban J connectivity index is 0. The van der Waals surface area contributed by atoms with E-state index in [1.54, 1.807) is 0 Å². The number of hydrogen-bond donors (Lipinski definition) is 5. The van der Waals surface area contributed by atoms with E-state index in [4.69, 9.17) is 45.2 Å². The van der Waals surface area contributed by atoms with E-state index < -0.39 is 10.8 Å². The fourth-order valence-electron chi connectivity index (χ4n) is 0.535. The highest BCUT2D eigenvalue weighted by Crippen LogP contribution is 1.98. The maximum atomic E-state index is 9.44. The average molecular weight is 286 g/mol. The molecule has 0 atom stereocenters. The Morgan fingerprint density at radius 2 is 2.00 bits per heavy atom. The molecule has 9 heteroatoms. The first-order valence-electron chi connectivity index (χ1n) is 4.73. The van der Waals surface area contributed by atoms with Gasteiger partial charge in [0.15, 0.2) is 11.9 Å². The number of nitrogens with zero attached hydrogens (tertiary/aromatic N) is 1. The number of alkyl halides is 2. The average Bonchev–Trinajstić information content (AvgIpc) is 2.17. The van der Waals surface area contributed by atoms with Gasteiger partial charge in [0.25, 0.3) is 0 Å². The molecule has 0 aliphatic rings. The Morgan fingerprint density at radius 1 is 1.53 bits per heavy atom. The van der Waals surface area contributed by atoms with Gasteiger partial charge in [0, 0.05) is 6.54 Å². The van der Waals surface area contributed by atoms with E-state index in [-0.39, 0.29) is 11.9 Å². The molecule has 7 N–H and O–H groups in total. The summed E-state index contributed by atoms with van der Waals surface area (Å²) in [7, 11) is 0. The van der Waals surface area contributed by atoms with Crippen molar-refractivity contribution in [1.29, 1.82) is 5.41 Å². The van der Waals surface area contributed by atoms with Crippen LogP contribution in [0.15, 0.2) is 4.99 Å². The molecule has 0 aliphatic heterocycles. The Bertz CT molecular complexity index is 271. The molecule has 0 bridgehead atoms. The summed E-state index contributed by atoms with van der Waals surface area (Å²) in [6, 6.07) is 0. The lowest BCUT2D eigenvalue weighted by atomic mass is 10.3. The van der Waals surface area contributed by atoms with Gasteiger partial charge in [-0.2, -0.15) is 0 Å². The minimum absolute atomic E-state index is 0.178. The summed E-state index contributed by atoms with van der Waals surface area (Å²) in [5.41, 5.74) is 10.3. The lowest BCUT2D eigenvalue weighted by molar-refractivity contribution is -0.135. The van der Waals surface area contributed by atoms with Crippen molar-refractivity contribution >= 4 is 41.1 Å².